The lowest BCUT2D eigenvalue weighted by Gasteiger charge is -2.31. The van der Waals surface area contributed by atoms with E-state index in [1.54, 1.807) is 0 Å². The summed E-state index contributed by atoms with van der Waals surface area (Å²) < 4.78 is 5.73. The Labute approximate surface area is 109 Å². The molecular formula is C14H24N2O2. The number of nitrogens with two attached hydrogens (primary N) is 1. The normalized spacial score (nSPS) is 22.5. The van der Waals surface area contributed by atoms with Crippen molar-refractivity contribution >= 4 is 0 Å². The van der Waals surface area contributed by atoms with Gasteiger partial charge in [-0.1, -0.05) is 0 Å². The smallest absolute Gasteiger partial charge is 0.122 e. The average Bonchev–Trinajstić information content (AvgIpc) is 2.98. The van der Waals surface area contributed by atoms with Crippen molar-refractivity contribution in [1.29, 1.82) is 0 Å². The van der Waals surface area contributed by atoms with Crippen LogP contribution in [0.5, 0.6) is 0 Å². The minimum atomic E-state index is 0.185. The van der Waals surface area contributed by atoms with E-state index in [0.717, 1.165) is 30.9 Å². The highest BCUT2D eigenvalue weighted by Crippen LogP contribution is 2.31. The molecule has 1 aliphatic rings. The second-order valence-electron chi connectivity index (χ2n) is 5.10. The number of rotatable bonds is 6. The fraction of sp³-hybridized carbons (Fsp3) is 0.714. The Bertz CT molecular complexity index is 364. The number of hydrogen-bond acceptors (Lipinski definition) is 4. The number of aliphatic hydroxyl groups is 1. The molecule has 0 saturated carbocycles. The first-order valence-electron chi connectivity index (χ1n) is 6.89. The third-order valence-corrected chi connectivity index (χ3v) is 3.83. The topological polar surface area (TPSA) is 62.6 Å². The zero-order chi connectivity index (χ0) is 13.0. The van der Waals surface area contributed by atoms with Gasteiger partial charge >= 0.3 is 0 Å². The molecule has 2 rings (SSSR count). The molecule has 1 fully saturated rings. The van der Waals surface area contributed by atoms with Crippen LogP contribution in [-0.2, 0) is 0 Å². The van der Waals surface area contributed by atoms with Gasteiger partial charge in [0.15, 0.2) is 0 Å². The Morgan fingerprint density at radius 2 is 2.39 bits per heavy atom. The van der Waals surface area contributed by atoms with E-state index in [2.05, 4.69) is 4.90 Å². The molecule has 0 spiro atoms. The maximum atomic E-state index is 8.97. The van der Waals surface area contributed by atoms with E-state index in [1.807, 2.05) is 19.1 Å². The highest BCUT2D eigenvalue weighted by Gasteiger charge is 2.31. The zero-order valence-electron chi connectivity index (χ0n) is 11.1. The van der Waals surface area contributed by atoms with Crippen molar-refractivity contribution in [2.24, 2.45) is 5.73 Å². The summed E-state index contributed by atoms with van der Waals surface area (Å²) in [5.74, 6) is 1.92. The molecule has 0 bridgehead atoms. The summed E-state index contributed by atoms with van der Waals surface area (Å²) in [6.07, 6.45) is 4.34. The predicted octanol–water partition coefficient (Wildman–Crippen LogP) is 1.82. The maximum absolute atomic E-state index is 8.97. The average molecular weight is 252 g/mol. The molecule has 1 aromatic rings. The van der Waals surface area contributed by atoms with Crippen LogP contribution in [0.3, 0.4) is 0 Å². The SMILES string of the molecule is Cc1ccc(C(CN)N2CCCC2CCCO)o1. The van der Waals surface area contributed by atoms with Gasteiger partial charge in [0.25, 0.3) is 0 Å². The van der Waals surface area contributed by atoms with Crippen molar-refractivity contribution in [2.75, 3.05) is 19.7 Å². The summed E-state index contributed by atoms with van der Waals surface area (Å²) in [7, 11) is 0. The Kier molecular flexibility index (Phi) is 4.80. The largest absolute Gasteiger partial charge is 0.465 e. The van der Waals surface area contributed by atoms with E-state index < -0.39 is 0 Å². The van der Waals surface area contributed by atoms with E-state index in [9.17, 15) is 0 Å². The summed E-state index contributed by atoms with van der Waals surface area (Å²) in [6, 6.07) is 4.76. The summed E-state index contributed by atoms with van der Waals surface area (Å²) >= 11 is 0. The second kappa shape index (κ2) is 6.36. The van der Waals surface area contributed by atoms with E-state index in [1.165, 1.54) is 12.8 Å². The van der Waals surface area contributed by atoms with Crippen LogP contribution in [0.15, 0.2) is 16.5 Å². The molecule has 4 heteroatoms. The monoisotopic (exact) mass is 252 g/mol. The van der Waals surface area contributed by atoms with E-state index >= 15 is 0 Å². The van der Waals surface area contributed by atoms with Gasteiger partial charge < -0.3 is 15.3 Å². The lowest BCUT2D eigenvalue weighted by molar-refractivity contribution is 0.148. The third kappa shape index (κ3) is 2.94. The van der Waals surface area contributed by atoms with Gasteiger partial charge in [-0.15, -0.1) is 0 Å². The van der Waals surface area contributed by atoms with Crippen LogP contribution in [0.4, 0.5) is 0 Å². The molecule has 2 atom stereocenters. The van der Waals surface area contributed by atoms with Crippen LogP contribution in [-0.4, -0.2) is 35.7 Å². The first-order valence-corrected chi connectivity index (χ1v) is 6.89. The van der Waals surface area contributed by atoms with E-state index in [0.29, 0.717) is 12.6 Å². The van der Waals surface area contributed by atoms with Crippen molar-refractivity contribution in [3.8, 4) is 0 Å². The molecule has 1 saturated heterocycles. The van der Waals surface area contributed by atoms with Crippen molar-refractivity contribution < 1.29 is 9.52 Å². The van der Waals surface area contributed by atoms with Crippen LogP contribution in [0.2, 0.25) is 0 Å². The molecule has 0 aliphatic carbocycles. The number of hydrogen-bond donors (Lipinski definition) is 2. The van der Waals surface area contributed by atoms with Gasteiger partial charge in [-0.25, -0.2) is 0 Å². The minimum Gasteiger partial charge on any atom is -0.465 e. The molecule has 2 unspecified atom stereocenters. The molecule has 18 heavy (non-hydrogen) atoms. The summed E-state index contributed by atoms with van der Waals surface area (Å²) in [4.78, 5) is 2.45. The van der Waals surface area contributed by atoms with E-state index in [4.69, 9.17) is 15.3 Å². The first-order chi connectivity index (χ1) is 8.76. The van der Waals surface area contributed by atoms with Crippen LogP contribution in [0.25, 0.3) is 0 Å². The van der Waals surface area contributed by atoms with Crippen molar-refractivity contribution in [3.63, 3.8) is 0 Å². The van der Waals surface area contributed by atoms with Gasteiger partial charge in [-0.2, -0.15) is 0 Å². The maximum Gasteiger partial charge on any atom is 0.122 e. The molecule has 3 N–H and O–H groups in total. The summed E-state index contributed by atoms with van der Waals surface area (Å²) in [5.41, 5.74) is 5.93. The Balaban J connectivity index is 2.06. The van der Waals surface area contributed by atoms with Gasteiger partial charge in [-0.3, -0.25) is 4.90 Å². The third-order valence-electron chi connectivity index (χ3n) is 3.83. The van der Waals surface area contributed by atoms with Gasteiger partial charge in [0.05, 0.1) is 6.04 Å². The van der Waals surface area contributed by atoms with Crippen molar-refractivity contribution in [1.82, 2.24) is 4.90 Å². The van der Waals surface area contributed by atoms with Gasteiger partial charge in [0, 0.05) is 19.2 Å². The number of aryl methyl sites for hydroxylation is 1. The standard InChI is InChI=1S/C14H24N2O2/c1-11-6-7-14(18-11)13(10-15)16-8-2-4-12(16)5-3-9-17/h6-7,12-13,17H,2-5,8-10,15H2,1H3. The van der Waals surface area contributed by atoms with Crippen molar-refractivity contribution in [3.05, 3.63) is 23.7 Å². The van der Waals surface area contributed by atoms with Crippen LogP contribution >= 0.6 is 0 Å². The van der Waals surface area contributed by atoms with Gasteiger partial charge in [-0.05, 0) is 51.3 Å². The molecule has 0 amide bonds. The van der Waals surface area contributed by atoms with Crippen LogP contribution < -0.4 is 5.73 Å². The van der Waals surface area contributed by atoms with Gasteiger partial charge in [0.1, 0.15) is 11.5 Å². The lowest BCUT2D eigenvalue weighted by Crippen LogP contribution is -2.37. The highest BCUT2D eigenvalue weighted by atomic mass is 16.3. The summed E-state index contributed by atoms with van der Waals surface area (Å²) in [6.45, 7) is 3.90. The Morgan fingerprint density at radius 1 is 1.56 bits per heavy atom. The zero-order valence-corrected chi connectivity index (χ0v) is 11.1. The number of furan rings is 1. The fourth-order valence-corrected chi connectivity index (χ4v) is 2.95. The van der Waals surface area contributed by atoms with Crippen molar-refractivity contribution in [2.45, 2.75) is 44.7 Å². The minimum absolute atomic E-state index is 0.185. The first kappa shape index (κ1) is 13.6. The molecule has 102 valence electrons. The predicted molar refractivity (Wildman–Crippen MR) is 71.3 cm³/mol. The molecule has 1 aromatic heterocycles. The Hall–Kier alpha value is -0.840. The second-order valence-corrected chi connectivity index (χ2v) is 5.10. The fourth-order valence-electron chi connectivity index (χ4n) is 2.95. The molecule has 0 radical (unpaired) electrons. The molecular weight excluding hydrogens is 228 g/mol. The summed E-state index contributed by atoms with van der Waals surface area (Å²) in [5, 5.41) is 8.97. The van der Waals surface area contributed by atoms with Crippen LogP contribution in [0, 0.1) is 6.92 Å². The Morgan fingerprint density at radius 3 is 3.00 bits per heavy atom. The highest BCUT2D eigenvalue weighted by molar-refractivity contribution is 5.11. The van der Waals surface area contributed by atoms with Gasteiger partial charge in [0.2, 0.25) is 0 Å². The number of aliphatic hydroxyl groups excluding tert-OH is 1. The molecule has 2 heterocycles. The quantitative estimate of drug-likeness (QED) is 0.810. The molecule has 1 aliphatic heterocycles. The number of likely N-dealkylation sites (tertiary alicyclic amines) is 1. The molecule has 4 nitrogen and oxygen atoms in total. The van der Waals surface area contributed by atoms with E-state index in [-0.39, 0.29) is 12.6 Å². The van der Waals surface area contributed by atoms with Crippen LogP contribution in [0.1, 0.15) is 43.2 Å². The lowest BCUT2D eigenvalue weighted by atomic mass is 10.1. The number of nitrogens with zero attached hydrogens (tertiary/aromatic N) is 1. The molecule has 0 aromatic carbocycles.